The first-order valence-electron chi connectivity index (χ1n) is 4.20. The summed E-state index contributed by atoms with van der Waals surface area (Å²) in [6, 6.07) is 0. The first-order valence-corrected chi connectivity index (χ1v) is 4.74. The molecule has 0 spiro atoms. The lowest BCUT2D eigenvalue weighted by Crippen LogP contribution is -2.33. The predicted molar refractivity (Wildman–Crippen MR) is 49.3 cm³/mol. The van der Waals surface area contributed by atoms with Crippen LogP contribution in [-0.4, -0.2) is 41.5 Å². The molecule has 0 aromatic rings. The molecule has 0 bridgehead atoms. The summed E-state index contributed by atoms with van der Waals surface area (Å²) in [6.45, 7) is 3.01. The fourth-order valence-electron chi connectivity index (χ4n) is 0.956. The molecule has 0 radical (unpaired) electrons. The van der Waals surface area contributed by atoms with Gasteiger partial charge in [-0.2, -0.15) is 0 Å². The molecule has 0 saturated heterocycles. The van der Waals surface area contributed by atoms with Gasteiger partial charge < -0.3 is 10.0 Å². The molecular formula is C8H16ClNO2. The fraction of sp³-hybridized carbons (Fsp3) is 0.875. The molecule has 0 atom stereocenters. The van der Waals surface area contributed by atoms with Crippen molar-refractivity contribution in [3.05, 3.63) is 0 Å². The van der Waals surface area contributed by atoms with E-state index in [9.17, 15) is 4.79 Å². The van der Waals surface area contributed by atoms with Crippen LogP contribution in [-0.2, 0) is 4.79 Å². The summed E-state index contributed by atoms with van der Waals surface area (Å²) in [6.07, 6.45) is 1.19. The summed E-state index contributed by atoms with van der Waals surface area (Å²) in [5.74, 6) is 0.592. The van der Waals surface area contributed by atoms with Crippen LogP contribution < -0.4 is 0 Å². The molecule has 0 heterocycles. The highest BCUT2D eigenvalue weighted by atomic mass is 35.5. The smallest absolute Gasteiger partial charge is 0.222 e. The third kappa shape index (κ3) is 4.57. The molecule has 12 heavy (non-hydrogen) atoms. The zero-order valence-electron chi connectivity index (χ0n) is 7.42. The van der Waals surface area contributed by atoms with Gasteiger partial charge in [-0.05, 0) is 13.3 Å². The van der Waals surface area contributed by atoms with E-state index in [0.29, 0.717) is 31.8 Å². The van der Waals surface area contributed by atoms with Crippen LogP contribution in [0.15, 0.2) is 0 Å². The average molecular weight is 194 g/mol. The van der Waals surface area contributed by atoms with Gasteiger partial charge in [-0.3, -0.25) is 4.79 Å². The first-order chi connectivity index (χ1) is 5.76. The van der Waals surface area contributed by atoms with E-state index in [-0.39, 0.29) is 12.5 Å². The number of alkyl halides is 1. The molecule has 1 N–H and O–H groups in total. The van der Waals surface area contributed by atoms with Crippen molar-refractivity contribution in [2.45, 2.75) is 19.8 Å². The van der Waals surface area contributed by atoms with Gasteiger partial charge in [0.2, 0.25) is 5.91 Å². The molecule has 0 aliphatic heterocycles. The van der Waals surface area contributed by atoms with Gasteiger partial charge in [-0.1, -0.05) is 0 Å². The van der Waals surface area contributed by atoms with Gasteiger partial charge in [0.15, 0.2) is 0 Å². The Bertz CT molecular complexity index is 130. The standard InChI is InChI=1S/C8H16ClNO2/c1-2-10(6-7-11)8(12)4-3-5-9/h11H,2-7H2,1H3. The van der Waals surface area contributed by atoms with Crippen molar-refractivity contribution in [3.63, 3.8) is 0 Å². The van der Waals surface area contributed by atoms with E-state index in [1.165, 1.54) is 0 Å². The highest BCUT2D eigenvalue weighted by Gasteiger charge is 2.09. The summed E-state index contributed by atoms with van der Waals surface area (Å²) in [5.41, 5.74) is 0. The Balaban J connectivity index is 3.69. The Morgan fingerprint density at radius 3 is 2.67 bits per heavy atom. The Hall–Kier alpha value is -0.280. The van der Waals surface area contributed by atoms with Gasteiger partial charge in [0, 0.05) is 25.4 Å². The Kier molecular flexibility index (Phi) is 7.20. The van der Waals surface area contributed by atoms with E-state index < -0.39 is 0 Å². The minimum atomic E-state index is 0.0282. The van der Waals surface area contributed by atoms with Crippen LogP contribution in [0.25, 0.3) is 0 Å². The van der Waals surface area contributed by atoms with Crippen LogP contribution in [0.1, 0.15) is 19.8 Å². The van der Waals surface area contributed by atoms with Crippen LogP contribution >= 0.6 is 11.6 Å². The van der Waals surface area contributed by atoms with E-state index in [0.717, 1.165) is 0 Å². The van der Waals surface area contributed by atoms with Gasteiger partial charge in [0.25, 0.3) is 0 Å². The average Bonchev–Trinajstić information content (AvgIpc) is 2.10. The van der Waals surface area contributed by atoms with E-state index in [2.05, 4.69) is 0 Å². The maximum absolute atomic E-state index is 11.3. The molecule has 0 aliphatic carbocycles. The predicted octanol–water partition coefficient (Wildman–Crippen LogP) is 0.846. The molecular weight excluding hydrogens is 178 g/mol. The summed E-state index contributed by atoms with van der Waals surface area (Å²) < 4.78 is 0. The summed E-state index contributed by atoms with van der Waals surface area (Å²) in [5, 5.41) is 8.62. The maximum atomic E-state index is 11.3. The topological polar surface area (TPSA) is 40.5 Å². The number of aliphatic hydroxyl groups is 1. The van der Waals surface area contributed by atoms with Crippen LogP contribution in [0.3, 0.4) is 0 Å². The molecule has 0 fully saturated rings. The minimum absolute atomic E-state index is 0.0282. The fourth-order valence-corrected chi connectivity index (χ4v) is 1.09. The SMILES string of the molecule is CCN(CCO)C(=O)CCCCl. The van der Waals surface area contributed by atoms with Crippen molar-refractivity contribution < 1.29 is 9.90 Å². The van der Waals surface area contributed by atoms with Crippen LogP contribution in [0.2, 0.25) is 0 Å². The second-order valence-electron chi connectivity index (χ2n) is 2.49. The molecule has 1 amide bonds. The molecule has 0 aromatic carbocycles. The number of amides is 1. The van der Waals surface area contributed by atoms with Crippen molar-refractivity contribution in [3.8, 4) is 0 Å². The lowest BCUT2D eigenvalue weighted by molar-refractivity contribution is -0.131. The highest BCUT2D eigenvalue weighted by molar-refractivity contribution is 6.17. The lowest BCUT2D eigenvalue weighted by atomic mass is 10.3. The van der Waals surface area contributed by atoms with Crippen molar-refractivity contribution in [2.24, 2.45) is 0 Å². The minimum Gasteiger partial charge on any atom is -0.395 e. The number of carbonyl (C=O) groups excluding carboxylic acids is 1. The second kappa shape index (κ2) is 7.37. The van der Waals surface area contributed by atoms with Crippen molar-refractivity contribution >= 4 is 17.5 Å². The summed E-state index contributed by atoms with van der Waals surface area (Å²) >= 11 is 5.45. The number of hydrogen-bond acceptors (Lipinski definition) is 2. The number of halogens is 1. The molecule has 4 heteroatoms. The van der Waals surface area contributed by atoms with Crippen LogP contribution in [0.4, 0.5) is 0 Å². The van der Waals surface area contributed by atoms with Gasteiger partial charge in [0.1, 0.15) is 0 Å². The molecule has 3 nitrogen and oxygen atoms in total. The van der Waals surface area contributed by atoms with Crippen LogP contribution in [0.5, 0.6) is 0 Å². The number of hydrogen-bond donors (Lipinski definition) is 1. The van der Waals surface area contributed by atoms with Gasteiger partial charge >= 0.3 is 0 Å². The molecule has 0 unspecified atom stereocenters. The number of rotatable bonds is 6. The van der Waals surface area contributed by atoms with Gasteiger partial charge in [0.05, 0.1) is 6.61 Å². The Labute approximate surface area is 78.3 Å². The molecule has 0 aliphatic rings. The largest absolute Gasteiger partial charge is 0.395 e. The van der Waals surface area contributed by atoms with E-state index in [1.807, 2.05) is 6.92 Å². The van der Waals surface area contributed by atoms with Crippen LogP contribution in [0, 0.1) is 0 Å². The molecule has 0 saturated carbocycles. The van der Waals surface area contributed by atoms with Crippen molar-refractivity contribution in [1.82, 2.24) is 4.90 Å². The van der Waals surface area contributed by atoms with E-state index in [1.54, 1.807) is 4.90 Å². The third-order valence-corrected chi connectivity index (χ3v) is 1.90. The second-order valence-corrected chi connectivity index (χ2v) is 2.87. The van der Waals surface area contributed by atoms with E-state index in [4.69, 9.17) is 16.7 Å². The normalized spacial score (nSPS) is 9.92. The molecule has 0 aromatic heterocycles. The first kappa shape index (κ1) is 11.7. The monoisotopic (exact) mass is 193 g/mol. The molecule has 72 valence electrons. The number of aliphatic hydroxyl groups excluding tert-OH is 1. The number of nitrogens with zero attached hydrogens (tertiary/aromatic N) is 1. The zero-order chi connectivity index (χ0) is 9.40. The third-order valence-electron chi connectivity index (χ3n) is 1.63. The highest BCUT2D eigenvalue weighted by Crippen LogP contribution is 1.98. The summed E-state index contributed by atoms with van der Waals surface area (Å²) in [7, 11) is 0. The van der Waals surface area contributed by atoms with Gasteiger partial charge in [-0.15, -0.1) is 11.6 Å². The maximum Gasteiger partial charge on any atom is 0.222 e. The van der Waals surface area contributed by atoms with E-state index >= 15 is 0 Å². The Morgan fingerprint density at radius 1 is 1.58 bits per heavy atom. The zero-order valence-corrected chi connectivity index (χ0v) is 8.18. The summed E-state index contributed by atoms with van der Waals surface area (Å²) in [4.78, 5) is 12.9. The number of carbonyl (C=O) groups is 1. The van der Waals surface area contributed by atoms with Crippen molar-refractivity contribution in [2.75, 3.05) is 25.6 Å². The van der Waals surface area contributed by atoms with Gasteiger partial charge in [-0.25, -0.2) is 0 Å². The quantitative estimate of drug-likeness (QED) is 0.636. The van der Waals surface area contributed by atoms with Crippen molar-refractivity contribution in [1.29, 1.82) is 0 Å². The number of likely N-dealkylation sites (N-methyl/N-ethyl adjacent to an activating group) is 1. The lowest BCUT2D eigenvalue weighted by Gasteiger charge is -2.19. The molecule has 0 rings (SSSR count). The Morgan fingerprint density at radius 2 is 2.25 bits per heavy atom.